The van der Waals surface area contributed by atoms with Crippen LogP contribution in [-0.2, 0) is 0 Å². The van der Waals surface area contributed by atoms with Crippen molar-refractivity contribution in [3.05, 3.63) is 34.1 Å². The zero-order valence-corrected chi connectivity index (χ0v) is 12.5. The van der Waals surface area contributed by atoms with E-state index in [0.717, 1.165) is 25.9 Å². The second-order valence-electron chi connectivity index (χ2n) is 5.08. The second kappa shape index (κ2) is 6.48. The van der Waals surface area contributed by atoms with Crippen molar-refractivity contribution in [1.82, 2.24) is 10.2 Å². The third-order valence-electron chi connectivity index (χ3n) is 3.56. The summed E-state index contributed by atoms with van der Waals surface area (Å²) >= 11 is 3.25. The molecule has 0 unspecified atom stereocenters. The number of halogens is 2. The minimum Gasteiger partial charge on any atom is -0.352 e. The molecule has 0 saturated carbocycles. The molecule has 1 N–H and O–H groups in total. The first kappa shape index (κ1) is 14.5. The minimum atomic E-state index is -0.482. The molecule has 0 spiro atoms. The van der Waals surface area contributed by atoms with E-state index in [-0.39, 0.29) is 11.5 Å². The molecule has 2 rings (SSSR count). The monoisotopic (exact) mass is 328 g/mol. The molecule has 1 heterocycles. The zero-order valence-electron chi connectivity index (χ0n) is 11.0. The van der Waals surface area contributed by atoms with E-state index in [9.17, 15) is 9.18 Å². The summed E-state index contributed by atoms with van der Waals surface area (Å²) in [6, 6.07) is 4.40. The highest BCUT2D eigenvalue weighted by atomic mass is 79.9. The van der Waals surface area contributed by atoms with Crippen LogP contribution < -0.4 is 5.32 Å². The summed E-state index contributed by atoms with van der Waals surface area (Å²) in [7, 11) is 2.10. The molecule has 0 bridgehead atoms. The Morgan fingerprint density at radius 2 is 2.16 bits per heavy atom. The lowest BCUT2D eigenvalue weighted by atomic mass is 9.97. The lowest BCUT2D eigenvalue weighted by Gasteiger charge is -2.28. The fourth-order valence-electron chi connectivity index (χ4n) is 2.27. The first-order valence-electron chi connectivity index (χ1n) is 6.48. The van der Waals surface area contributed by atoms with Gasteiger partial charge >= 0.3 is 0 Å². The van der Waals surface area contributed by atoms with E-state index in [1.54, 1.807) is 6.07 Å². The Labute approximate surface area is 121 Å². The number of hydrogen-bond donors (Lipinski definition) is 1. The third-order valence-corrected chi connectivity index (χ3v) is 4.06. The van der Waals surface area contributed by atoms with E-state index >= 15 is 0 Å². The molecule has 1 aromatic carbocycles. The average molecular weight is 329 g/mol. The smallest absolute Gasteiger partial charge is 0.254 e. The van der Waals surface area contributed by atoms with Crippen molar-refractivity contribution in [1.29, 1.82) is 0 Å². The van der Waals surface area contributed by atoms with E-state index in [2.05, 4.69) is 33.2 Å². The predicted molar refractivity (Wildman–Crippen MR) is 76.7 cm³/mol. The van der Waals surface area contributed by atoms with Crippen molar-refractivity contribution in [3.8, 4) is 0 Å². The zero-order chi connectivity index (χ0) is 13.8. The van der Waals surface area contributed by atoms with Gasteiger partial charge in [-0.3, -0.25) is 4.79 Å². The summed E-state index contributed by atoms with van der Waals surface area (Å²) in [5.74, 6) is -0.322. The number of carbonyl (C=O) groups is 1. The maximum atomic E-state index is 13.5. The number of benzene rings is 1. The molecule has 104 valence electrons. The molecule has 1 fully saturated rings. The fraction of sp³-hybridized carbons (Fsp3) is 0.500. The summed E-state index contributed by atoms with van der Waals surface area (Å²) in [6.45, 7) is 2.75. The van der Waals surface area contributed by atoms with Crippen molar-refractivity contribution < 1.29 is 9.18 Å². The summed E-state index contributed by atoms with van der Waals surface area (Å²) < 4.78 is 14.3. The average Bonchev–Trinajstić information content (AvgIpc) is 2.40. The summed E-state index contributed by atoms with van der Waals surface area (Å²) in [4.78, 5) is 14.2. The number of piperidine rings is 1. The van der Waals surface area contributed by atoms with Crippen LogP contribution in [-0.4, -0.2) is 37.5 Å². The number of nitrogens with zero attached hydrogens (tertiary/aromatic N) is 1. The van der Waals surface area contributed by atoms with Crippen molar-refractivity contribution in [3.63, 3.8) is 0 Å². The Bertz CT molecular complexity index is 459. The van der Waals surface area contributed by atoms with Gasteiger partial charge < -0.3 is 10.2 Å². The lowest BCUT2D eigenvalue weighted by molar-refractivity contribution is 0.0935. The summed E-state index contributed by atoms with van der Waals surface area (Å²) in [6.07, 6.45) is 2.16. The molecular weight excluding hydrogens is 311 g/mol. The highest BCUT2D eigenvalue weighted by molar-refractivity contribution is 9.10. The van der Waals surface area contributed by atoms with Crippen LogP contribution in [0, 0.1) is 11.7 Å². The van der Waals surface area contributed by atoms with Crippen molar-refractivity contribution in [2.75, 3.05) is 26.7 Å². The quantitative estimate of drug-likeness (QED) is 0.925. The lowest BCUT2D eigenvalue weighted by Crippen LogP contribution is -2.37. The topological polar surface area (TPSA) is 32.3 Å². The van der Waals surface area contributed by atoms with Gasteiger partial charge in [-0.1, -0.05) is 15.9 Å². The first-order valence-corrected chi connectivity index (χ1v) is 7.27. The Balaban J connectivity index is 1.89. The number of likely N-dealkylation sites (tertiary alicyclic amines) is 1. The van der Waals surface area contributed by atoms with E-state index in [4.69, 9.17) is 0 Å². The fourth-order valence-corrected chi connectivity index (χ4v) is 2.63. The Morgan fingerprint density at radius 3 is 2.84 bits per heavy atom. The normalized spacial score (nSPS) is 17.4. The van der Waals surface area contributed by atoms with E-state index in [1.165, 1.54) is 12.1 Å². The SMILES string of the molecule is CN1CCC(CNC(=O)c2cc(Br)ccc2F)CC1. The van der Waals surface area contributed by atoms with Gasteiger partial charge in [0.1, 0.15) is 5.82 Å². The number of amides is 1. The maximum absolute atomic E-state index is 13.5. The van der Waals surface area contributed by atoms with Gasteiger partial charge in [-0.25, -0.2) is 4.39 Å². The molecule has 1 aliphatic rings. The molecule has 5 heteroatoms. The Kier molecular flexibility index (Phi) is 4.93. The number of carbonyl (C=O) groups excluding carboxylic acids is 1. The molecule has 19 heavy (non-hydrogen) atoms. The predicted octanol–water partition coefficient (Wildman–Crippen LogP) is 2.66. The highest BCUT2D eigenvalue weighted by Gasteiger charge is 2.18. The van der Waals surface area contributed by atoms with Crippen LogP contribution in [0.1, 0.15) is 23.2 Å². The summed E-state index contributed by atoms with van der Waals surface area (Å²) in [5, 5.41) is 2.83. The molecule has 0 atom stereocenters. The van der Waals surface area contributed by atoms with Crippen LogP contribution in [0.3, 0.4) is 0 Å². The van der Waals surface area contributed by atoms with Gasteiger partial charge in [0, 0.05) is 11.0 Å². The molecule has 0 radical (unpaired) electrons. The number of hydrogen-bond acceptors (Lipinski definition) is 2. The van der Waals surface area contributed by atoms with Crippen molar-refractivity contribution in [2.24, 2.45) is 5.92 Å². The van der Waals surface area contributed by atoms with Gasteiger partial charge in [0.15, 0.2) is 0 Å². The van der Waals surface area contributed by atoms with E-state index < -0.39 is 5.82 Å². The van der Waals surface area contributed by atoms with Crippen LogP contribution in [0.25, 0.3) is 0 Å². The molecule has 1 saturated heterocycles. The Morgan fingerprint density at radius 1 is 1.47 bits per heavy atom. The minimum absolute atomic E-state index is 0.0994. The van der Waals surface area contributed by atoms with Gasteiger partial charge in [0.25, 0.3) is 5.91 Å². The third kappa shape index (κ3) is 4.01. The molecule has 1 aliphatic heterocycles. The molecule has 3 nitrogen and oxygen atoms in total. The van der Waals surface area contributed by atoms with Crippen molar-refractivity contribution >= 4 is 21.8 Å². The van der Waals surface area contributed by atoms with E-state index in [1.807, 2.05) is 0 Å². The van der Waals surface area contributed by atoms with Crippen LogP contribution in [0.5, 0.6) is 0 Å². The standard InChI is InChI=1S/C14H18BrFN2O/c1-18-6-4-10(5-7-18)9-17-14(19)12-8-11(15)2-3-13(12)16/h2-3,8,10H,4-7,9H2,1H3,(H,17,19). The van der Waals surface area contributed by atoms with Gasteiger partial charge in [0.2, 0.25) is 0 Å². The van der Waals surface area contributed by atoms with Crippen LogP contribution in [0.4, 0.5) is 4.39 Å². The van der Waals surface area contributed by atoms with Gasteiger partial charge in [0.05, 0.1) is 5.56 Å². The van der Waals surface area contributed by atoms with Gasteiger partial charge in [-0.15, -0.1) is 0 Å². The van der Waals surface area contributed by atoms with Crippen LogP contribution in [0.2, 0.25) is 0 Å². The van der Waals surface area contributed by atoms with Crippen LogP contribution >= 0.6 is 15.9 Å². The van der Waals surface area contributed by atoms with Crippen LogP contribution in [0.15, 0.2) is 22.7 Å². The summed E-state index contributed by atoms with van der Waals surface area (Å²) in [5.41, 5.74) is 0.0994. The number of nitrogens with one attached hydrogen (secondary N) is 1. The molecular formula is C14H18BrFN2O. The molecule has 1 amide bonds. The maximum Gasteiger partial charge on any atom is 0.254 e. The number of rotatable bonds is 3. The molecule has 0 aliphatic carbocycles. The molecule has 0 aromatic heterocycles. The largest absolute Gasteiger partial charge is 0.352 e. The second-order valence-corrected chi connectivity index (χ2v) is 6.00. The first-order chi connectivity index (χ1) is 9.06. The van der Waals surface area contributed by atoms with Gasteiger partial charge in [-0.2, -0.15) is 0 Å². The van der Waals surface area contributed by atoms with Crippen molar-refractivity contribution in [2.45, 2.75) is 12.8 Å². The van der Waals surface area contributed by atoms with E-state index in [0.29, 0.717) is 16.9 Å². The van der Waals surface area contributed by atoms with Gasteiger partial charge in [-0.05, 0) is 57.1 Å². The highest BCUT2D eigenvalue weighted by Crippen LogP contribution is 2.17. The Hall–Kier alpha value is -0.940. The molecule has 1 aromatic rings.